The Kier molecular flexibility index (Phi) is 10.1. The fraction of sp³-hybridized carbons (Fsp3) is 1.00. The van der Waals surface area contributed by atoms with Crippen LogP contribution in [0.2, 0.25) is 0 Å². The van der Waals surface area contributed by atoms with Crippen molar-refractivity contribution in [3.8, 4) is 0 Å². The molecule has 1 unspecified atom stereocenters. The normalized spacial score (nSPS) is 9.33. The molecule has 0 radical (unpaired) electrons. The van der Waals surface area contributed by atoms with E-state index in [0.29, 0.717) is 0 Å². The van der Waals surface area contributed by atoms with Gasteiger partial charge in [-0.25, -0.2) is 0 Å². The van der Waals surface area contributed by atoms with Gasteiger partial charge in [0, 0.05) is 0 Å². The maximum Gasteiger partial charge on any atom is 1.00 e. The first-order valence-electron chi connectivity index (χ1n) is 0.956. The summed E-state index contributed by atoms with van der Waals surface area (Å²) in [5.74, 6) is 0. The Morgan fingerprint density at radius 1 is 1.83 bits per heavy atom. The van der Waals surface area contributed by atoms with Gasteiger partial charge in [0.05, 0.1) is 7.11 Å². The smallest absolute Gasteiger partial charge is 0.566 e. The summed E-state index contributed by atoms with van der Waals surface area (Å²) in [6.07, 6.45) is 0. The molecule has 0 heterocycles. The van der Waals surface area contributed by atoms with Crippen molar-refractivity contribution < 1.29 is 43.5 Å². The molecule has 0 saturated carbocycles. The van der Waals surface area contributed by atoms with Gasteiger partial charge >= 0.3 is 37.8 Å². The van der Waals surface area contributed by atoms with Crippen LogP contribution in [0.4, 0.5) is 0 Å². The van der Waals surface area contributed by atoms with E-state index in [1.807, 2.05) is 0 Å². The van der Waals surface area contributed by atoms with E-state index < -0.39 is 8.25 Å². The van der Waals surface area contributed by atoms with Gasteiger partial charge in [-0.3, -0.25) is 0 Å². The van der Waals surface area contributed by atoms with Crippen LogP contribution in [0, 0.1) is 0 Å². The molecule has 30 valence electrons. The van der Waals surface area contributed by atoms with Crippen LogP contribution in [0.15, 0.2) is 0 Å². The van der Waals surface area contributed by atoms with Crippen LogP contribution in [-0.4, -0.2) is 7.11 Å². The first-order valence-corrected chi connectivity index (χ1v) is 2.05. The predicted molar refractivity (Wildman–Crippen MR) is 14.6 cm³/mol. The first-order chi connectivity index (χ1) is 2.27. The molecule has 1 atom stereocenters. The topological polar surface area (TPSA) is 49.4 Å². The summed E-state index contributed by atoms with van der Waals surface area (Å²) in [6, 6.07) is 0. The molecule has 0 rings (SSSR count). The van der Waals surface area contributed by atoms with Gasteiger partial charge in [-0.2, -0.15) is 4.52 Å². The molecule has 0 aromatic rings. The molecule has 5 heteroatoms. The van der Waals surface area contributed by atoms with E-state index in [0.717, 1.165) is 7.11 Å². The van der Waals surface area contributed by atoms with E-state index in [-0.39, 0.29) is 29.6 Å². The van der Waals surface area contributed by atoms with Gasteiger partial charge < -0.3 is 4.89 Å². The average molecular weight is 117 g/mol. The molecule has 0 fully saturated rings. The standard InChI is InChI=1S/CH3O3P.Na/c1-4-5(2)3;/h1H3;/q;+1. The van der Waals surface area contributed by atoms with E-state index in [1.165, 1.54) is 0 Å². The van der Waals surface area contributed by atoms with Gasteiger partial charge in [-0.1, -0.05) is 0 Å². The molecule has 0 amide bonds. The second kappa shape index (κ2) is 6.02. The van der Waals surface area contributed by atoms with Crippen molar-refractivity contribution in [3.05, 3.63) is 0 Å². The van der Waals surface area contributed by atoms with Gasteiger partial charge in [0.25, 0.3) is 0 Å². The Balaban J connectivity index is 0. The minimum atomic E-state index is -2.60. The minimum Gasteiger partial charge on any atom is -0.566 e. The van der Waals surface area contributed by atoms with Gasteiger partial charge in [0.2, 0.25) is 0 Å². The average Bonchev–Trinajstić information content (AvgIpc) is 1.38. The van der Waals surface area contributed by atoms with Crippen molar-refractivity contribution in [2.24, 2.45) is 0 Å². The van der Waals surface area contributed by atoms with Gasteiger partial charge in [0.1, 0.15) is 0 Å². The maximum absolute atomic E-state index is 9.18. The predicted octanol–water partition coefficient (Wildman–Crippen LogP) is -3.35. The minimum absolute atomic E-state index is 0. The number of hydrogen-bond acceptors (Lipinski definition) is 3. The monoisotopic (exact) mass is 117 g/mol. The molecule has 6 heavy (non-hydrogen) atoms. The third-order valence-electron chi connectivity index (χ3n) is 0.149. The largest absolute Gasteiger partial charge is 1.00 e. The quantitative estimate of drug-likeness (QED) is 0.266. The Hall–Kier alpha value is 1.02. The molecule has 0 spiro atoms. The molecule has 0 aromatic carbocycles. The molecule has 0 aromatic heterocycles. The zero-order valence-electron chi connectivity index (χ0n) is 3.67. The molecule has 0 aliphatic carbocycles. The zero-order valence-corrected chi connectivity index (χ0v) is 6.57. The zero-order chi connectivity index (χ0) is 4.28. The van der Waals surface area contributed by atoms with Crippen LogP contribution in [0.1, 0.15) is 0 Å². The molecule has 0 bridgehead atoms. The Bertz CT molecular complexity index is 46.1. The van der Waals surface area contributed by atoms with Gasteiger partial charge in [-0.15, -0.1) is 0 Å². The van der Waals surface area contributed by atoms with E-state index in [1.54, 1.807) is 0 Å². The second-order valence-electron chi connectivity index (χ2n) is 0.406. The third-order valence-corrected chi connectivity index (χ3v) is 0.447. The Morgan fingerprint density at radius 3 is 2.00 bits per heavy atom. The van der Waals surface area contributed by atoms with Crippen molar-refractivity contribution in [3.63, 3.8) is 0 Å². The summed E-state index contributed by atoms with van der Waals surface area (Å²) in [7, 11) is -1.50. The fourth-order valence-electron chi connectivity index (χ4n) is 0. The van der Waals surface area contributed by atoms with Crippen LogP contribution < -0.4 is 34.5 Å². The molecule has 0 N–H and O–H groups in total. The van der Waals surface area contributed by atoms with Gasteiger partial charge in [0.15, 0.2) is 0 Å². The van der Waals surface area contributed by atoms with E-state index >= 15 is 0 Å². The van der Waals surface area contributed by atoms with Crippen molar-refractivity contribution in [1.82, 2.24) is 0 Å². The van der Waals surface area contributed by atoms with Crippen LogP contribution in [0.3, 0.4) is 0 Å². The summed E-state index contributed by atoms with van der Waals surface area (Å²) in [5, 5.41) is 0. The van der Waals surface area contributed by atoms with Crippen LogP contribution >= 0.6 is 8.25 Å². The van der Waals surface area contributed by atoms with Crippen LogP contribution in [-0.2, 0) is 9.09 Å². The van der Waals surface area contributed by atoms with Crippen molar-refractivity contribution >= 4 is 8.25 Å². The fourth-order valence-corrected chi connectivity index (χ4v) is 0. The van der Waals surface area contributed by atoms with E-state index in [9.17, 15) is 9.46 Å². The number of hydrogen-bond donors (Lipinski definition) is 0. The van der Waals surface area contributed by atoms with Gasteiger partial charge in [-0.05, 0) is 4.57 Å². The van der Waals surface area contributed by atoms with E-state index in [4.69, 9.17) is 0 Å². The first kappa shape index (κ1) is 10.1. The summed E-state index contributed by atoms with van der Waals surface area (Å²) in [6.45, 7) is 0. The van der Waals surface area contributed by atoms with E-state index in [2.05, 4.69) is 4.52 Å². The summed E-state index contributed by atoms with van der Waals surface area (Å²) in [5.41, 5.74) is 0. The van der Waals surface area contributed by atoms with Crippen LogP contribution in [0.25, 0.3) is 0 Å². The SMILES string of the molecule is CO[P+](=O)[O-].[Na+]. The van der Waals surface area contributed by atoms with Crippen molar-refractivity contribution in [2.45, 2.75) is 0 Å². The summed E-state index contributed by atoms with van der Waals surface area (Å²) >= 11 is 0. The molecule has 0 saturated heterocycles. The Morgan fingerprint density at radius 2 is 2.00 bits per heavy atom. The van der Waals surface area contributed by atoms with Crippen molar-refractivity contribution in [2.75, 3.05) is 7.11 Å². The third kappa shape index (κ3) is 8.89. The summed E-state index contributed by atoms with van der Waals surface area (Å²) in [4.78, 5) is 9.18. The molecule has 3 nitrogen and oxygen atoms in total. The summed E-state index contributed by atoms with van der Waals surface area (Å²) < 4.78 is 12.9. The van der Waals surface area contributed by atoms with Crippen LogP contribution in [0.5, 0.6) is 0 Å². The maximum atomic E-state index is 9.18. The molecule has 0 aliphatic heterocycles. The van der Waals surface area contributed by atoms with Crippen molar-refractivity contribution in [1.29, 1.82) is 0 Å². The molecular formula is CH3NaO3P+. The molecular weight excluding hydrogens is 114 g/mol. The second-order valence-corrected chi connectivity index (χ2v) is 1.22. The Labute approximate surface area is 58.9 Å². The number of rotatable bonds is 1. The molecule has 0 aliphatic rings.